The molecular weight excluding hydrogens is 258 g/mol. The van der Waals surface area contributed by atoms with Crippen molar-refractivity contribution in [2.75, 3.05) is 26.3 Å². The molecule has 0 N–H and O–H groups in total. The molecule has 2 aromatic rings. The average molecular weight is 277 g/mol. The lowest BCUT2D eigenvalue weighted by atomic mass is 10.3. The standard InChI is InChI=1S/C13H19N5O2/c1-10(2)18-8-11(7-14-18)13-15-12(16-20-13)9-17-3-5-19-6-4-17/h7-8,10H,3-6,9H2,1-2H3. The van der Waals surface area contributed by atoms with Crippen molar-refractivity contribution in [3.05, 3.63) is 18.2 Å². The topological polar surface area (TPSA) is 69.2 Å². The van der Waals surface area contributed by atoms with Crippen LogP contribution < -0.4 is 0 Å². The summed E-state index contributed by atoms with van der Waals surface area (Å²) in [5, 5.41) is 8.31. The van der Waals surface area contributed by atoms with Crippen LogP contribution in [0.4, 0.5) is 0 Å². The molecule has 0 amide bonds. The molecule has 0 spiro atoms. The first-order chi connectivity index (χ1) is 9.72. The zero-order valence-electron chi connectivity index (χ0n) is 11.8. The molecule has 7 nitrogen and oxygen atoms in total. The second-order valence-corrected chi connectivity index (χ2v) is 5.21. The van der Waals surface area contributed by atoms with Crippen LogP contribution in [0.25, 0.3) is 11.5 Å². The Hall–Kier alpha value is -1.73. The van der Waals surface area contributed by atoms with E-state index in [-0.39, 0.29) is 0 Å². The van der Waals surface area contributed by atoms with Gasteiger partial charge >= 0.3 is 0 Å². The van der Waals surface area contributed by atoms with Gasteiger partial charge in [-0.15, -0.1) is 0 Å². The summed E-state index contributed by atoms with van der Waals surface area (Å²) >= 11 is 0. The molecule has 0 radical (unpaired) electrons. The largest absolute Gasteiger partial charge is 0.379 e. The van der Waals surface area contributed by atoms with Crippen molar-refractivity contribution in [1.29, 1.82) is 0 Å². The molecule has 0 bridgehead atoms. The fourth-order valence-electron chi connectivity index (χ4n) is 2.13. The normalized spacial score (nSPS) is 16.9. The van der Waals surface area contributed by atoms with E-state index >= 15 is 0 Å². The molecule has 0 unspecified atom stereocenters. The number of morpholine rings is 1. The van der Waals surface area contributed by atoms with Crippen molar-refractivity contribution in [2.45, 2.75) is 26.4 Å². The Morgan fingerprint density at radius 3 is 2.80 bits per heavy atom. The van der Waals surface area contributed by atoms with Gasteiger partial charge in [0.15, 0.2) is 5.82 Å². The molecule has 108 valence electrons. The fourth-order valence-corrected chi connectivity index (χ4v) is 2.13. The second kappa shape index (κ2) is 5.72. The minimum atomic E-state index is 0.319. The number of ether oxygens (including phenoxy) is 1. The zero-order valence-corrected chi connectivity index (χ0v) is 11.8. The highest BCUT2D eigenvalue weighted by atomic mass is 16.5. The molecule has 0 saturated carbocycles. The Balaban J connectivity index is 1.69. The molecule has 1 aliphatic heterocycles. The van der Waals surface area contributed by atoms with Gasteiger partial charge in [-0.05, 0) is 13.8 Å². The van der Waals surface area contributed by atoms with Crippen LogP contribution in [-0.2, 0) is 11.3 Å². The third kappa shape index (κ3) is 2.88. The smallest absolute Gasteiger partial charge is 0.261 e. The Bertz CT molecular complexity index is 557. The molecule has 1 fully saturated rings. The van der Waals surface area contributed by atoms with Gasteiger partial charge in [-0.25, -0.2) is 0 Å². The lowest BCUT2D eigenvalue weighted by molar-refractivity contribution is 0.0327. The predicted molar refractivity (Wildman–Crippen MR) is 72.0 cm³/mol. The molecule has 1 aliphatic rings. The molecule has 2 aromatic heterocycles. The molecule has 7 heteroatoms. The third-order valence-electron chi connectivity index (χ3n) is 3.31. The molecule has 1 saturated heterocycles. The number of hydrogen-bond acceptors (Lipinski definition) is 6. The Labute approximate surface area is 117 Å². The Kier molecular flexibility index (Phi) is 3.79. The highest BCUT2D eigenvalue weighted by molar-refractivity contribution is 5.49. The monoisotopic (exact) mass is 277 g/mol. The van der Waals surface area contributed by atoms with E-state index in [0.717, 1.165) is 31.9 Å². The van der Waals surface area contributed by atoms with Gasteiger partial charge in [-0.2, -0.15) is 10.1 Å². The summed E-state index contributed by atoms with van der Waals surface area (Å²) in [6, 6.07) is 0.319. The molecule has 0 aromatic carbocycles. The minimum absolute atomic E-state index is 0.319. The number of aromatic nitrogens is 4. The van der Waals surface area contributed by atoms with E-state index in [4.69, 9.17) is 9.26 Å². The highest BCUT2D eigenvalue weighted by Gasteiger charge is 2.16. The summed E-state index contributed by atoms with van der Waals surface area (Å²) in [6.45, 7) is 8.22. The van der Waals surface area contributed by atoms with Gasteiger partial charge in [-0.3, -0.25) is 9.58 Å². The minimum Gasteiger partial charge on any atom is -0.379 e. The first-order valence-electron chi connectivity index (χ1n) is 6.89. The second-order valence-electron chi connectivity index (χ2n) is 5.21. The van der Waals surface area contributed by atoms with E-state index in [1.807, 2.05) is 10.9 Å². The van der Waals surface area contributed by atoms with Gasteiger partial charge in [-0.1, -0.05) is 5.16 Å². The van der Waals surface area contributed by atoms with Crippen LogP contribution in [0.15, 0.2) is 16.9 Å². The molecule has 3 rings (SSSR count). The maximum Gasteiger partial charge on any atom is 0.261 e. The van der Waals surface area contributed by atoms with E-state index < -0.39 is 0 Å². The van der Waals surface area contributed by atoms with Crippen LogP contribution >= 0.6 is 0 Å². The van der Waals surface area contributed by atoms with Crippen LogP contribution in [-0.4, -0.2) is 51.1 Å². The van der Waals surface area contributed by atoms with Crippen molar-refractivity contribution >= 4 is 0 Å². The molecule has 3 heterocycles. The summed E-state index contributed by atoms with van der Waals surface area (Å²) in [5.74, 6) is 1.24. The van der Waals surface area contributed by atoms with Crippen molar-refractivity contribution in [3.8, 4) is 11.5 Å². The summed E-state index contributed by atoms with van der Waals surface area (Å²) in [6.07, 6.45) is 3.68. The van der Waals surface area contributed by atoms with E-state index in [2.05, 4.69) is 34.0 Å². The highest BCUT2D eigenvalue weighted by Crippen LogP contribution is 2.18. The first kappa shape index (κ1) is 13.3. The lowest BCUT2D eigenvalue weighted by Crippen LogP contribution is -2.35. The maximum absolute atomic E-state index is 5.32. The Morgan fingerprint density at radius 2 is 2.10 bits per heavy atom. The third-order valence-corrected chi connectivity index (χ3v) is 3.31. The summed E-state index contributed by atoms with van der Waals surface area (Å²) in [4.78, 5) is 6.69. The van der Waals surface area contributed by atoms with Crippen LogP contribution in [0.2, 0.25) is 0 Å². The lowest BCUT2D eigenvalue weighted by Gasteiger charge is -2.24. The Morgan fingerprint density at radius 1 is 1.30 bits per heavy atom. The van der Waals surface area contributed by atoms with Gasteiger partial charge in [0.25, 0.3) is 5.89 Å². The predicted octanol–water partition coefficient (Wildman–Crippen LogP) is 1.35. The van der Waals surface area contributed by atoms with Crippen molar-refractivity contribution in [3.63, 3.8) is 0 Å². The van der Waals surface area contributed by atoms with E-state index in [9.17, 15) is 0 Å². The SMILES string of the molecule is CC(C)n1cc(-c2nc(CN3CCOCC3)no2)cn1. The summed E-state index contributed by atoms with van der Waals surface area (Å²) in [5.41, 5.74) is 0.861. The van der Waals surface area contributed by atoms with Crippen molar-refractivity contribution < 1.29 is 9.26 Å². The number of nitrogens with zero attached hydrogens (tertiary/aromatic N) is 5. The molecule has 0 aliphatic carbocycles. The van der Waals surface area contributed by atoms with E-state index in [1.165, 1.54) is 0 Å². The quantitative estimate of drug-likeness (QED) is 0.840. The van der Waals surface area contributed by atoms with Crippen LogP contribution in [0.3, 0.4) is 0 Å². The van der Waals surface area contributed by atoms with Crippen molar-refractivity contribution in [2.24, 2.45) is 0 Å². The van der Waals surface area contributed by atoms with Gasteiger partial charge < -0.3 is 9.26 Å². The molecule has 20 heavy (non-hydrogen) atoms. The zero-order chi connectivity index (χ0) is 13.9. The van der Waals surface area contributed by atoms with E-state index in [1.54, 1.807) is 6.20 Å². The van der Waals surface area contributed by atoms with E-state index in [0.29, 0.717) is 24.3 Å². The average Bonchev–Trinajstić information content (AvgIpc) is 3.08. The van der Waals surface area contributed by atoms with Crippen LogP contribution in [0.1, 0.15) is 25.7 Å². The van der Waals surface area contributed by atoms with Crippen LogP contribution in [0.5, 0.6) is 0 Å². The summed E-state index contributed by atoms with van der Waals surface area (Å²) in [7, 11) is 0. The van der Waals surface area contributed by atoms with Crippen molar-refractivity contribution in [1.82, 2.24) is 24.8 Å². The fraction of sp³-hybridized carbons (Fsp3) is 0.615. The van der Waals surface area contributed by atoms with Gasteiger partial charge in [0.05, 0.1) is 31.5 Å². The maximum atomic E-state index is 5.32. The van der Waals surface area contributed by atoms with Gasteiger partial charge in [0, 0.05) is 25.3 Å². The summed E-state index contributed by atoms with van der Waals surface area (Å²) < 4.78 is 12.5. The molecular formula is C13H19N5O2. The first-order valence-corrected chi connectivity index (χ1v) is 6.89. The van der Waals surface area contributed by atoms with Gasteiger partial charge in [0.2, 0.25) is 0 Å². The van der Waals surface area contributed by atoms with Crippen LogP contribution in [0, 0.1) is 0 Å². The number of hydrogen-bond donors (Lipinski definition) is 0. The van der Waals surface area contributed by atoms with Gasteiger partial charge in [0.1, 0.15) is 0 Å². The number of rotatable bonds is 4. The molecule has 0 atom stereocenters.